The van der Waals surface area contributed by atoms with Crippen LogP contribution in [-0.2, 0) is 4.79 Å². The van der Waals surface area contributed by atoms with Crippen molar-refractivity contribution >= 4 is 11.6 Å². The van der Waals surface area contributed by atoms with Crippen molar-refractivity contribution in [1.29, 1.82) is 0 Å². The van der Waals surface area contributed by atoms with E-state index in [-0.39, 0.29) is 11.8 Å². The van der Waals surface area contributed by atoms with Crippen LogP contribution in [0, 0.1) is 19.8 Å². The Morgan fingerprint density at radius 3 is 2.56 bits per heavy atom. The average Bonchev–Trinajstić information content (AvgIpc) is 2.59. The first kappa shape index (κ1) is 17.5. The van der Waals surface area contributed by atoms with Crippen LogP contribution in [0.2, 0.25) is 0 Å². The minimum atomic E-state index is 0.0458. The number of anilines is 1. The Kier molecular flexibility index (Phi) is 5.39. The summed E-state index contributed by atoms with van der Waals surface area (Å²) in [4.78, 5) is 12.7. The molecule has 1 fully saturated rings. The van der Waals surface area contributed by atoms with Gasteiger partial charge < -0.3 is 15.4 Å². The van der Waals surface area contributed by atoms with Crippen molar-refractivity contribution in [2.24, 2.45) is 5.92 Å². The van der Waals surface area contributed by atoms with Gasteiger partial charge in [-0.25, -0.2) is 0 Å². The largest absolute Gasteiger partial charge is 0.455 e. The Morgan fingerprint density at radius 2 is 1.84 bits per heavy atom. The third kappa shape index (κ3) is 4.20. The Hall–Kier alpha value is -2.33. The number of benzene rings is 2. The van der Waals surface area contributed by atoms with Gasteiger partial charge in [-0.1, -0.05) is 30.3 Å². The predicted molar refractivity (Wildman–Crippen MR) is 101 cm³/mol. The number of hydrogen-bond donors (Lipinski definition) is 2. The van der Waals surface area contributed by atoms with Crippen molar-refractivity contribution in [3.05, 3.63) is 53.6 Å². The maximum Gasteiger partial charge on any atom is 0.227 e. The lowest BCUT2D eigenvalue weighted by Crippen LogP contribution is -2.40. The summed E-state index contributed by atoms with van der Waals surface area (Å²) in [5, 5.41) is 6.45. The number of para-hydroxylation sites is 3. The molecule has 0 saturated carbocycles. The standard InChI is InChI=1S/C21H26N2O2/c1-14-7-6-8-15(2)20(14)25-19-10-5-4-9-18(19)23-21(24)17-11-12-22-16(3)13-17/h4-10,16-17,22H,11-13H2,1-3H3,(H,23,24)/t16-,17-/m0/s1. The van der Waals surface area contributed by atoms with Gasteiger partial charge in [0, 0.05) is 12.0 Å². The molecule has 4 nitrogen and oxygen atoms in total. The maximum absolute atomic E-state index is 12.7. The van der Waals surface area contributed by atoms with Gasteiger partial charge in [0.05, 0.1) is 5.69 Å². The molecule has 0 bridgehead atoms. The van der Waals surface area contributed by atoms with E-state index in [9.17, 15) is 4.79 Å². The number of carbonyl (C=O) groups is 1. The normalized spacial score (nSPS) is 20.1. The molecule has 2 N–H and O–H groups in total. The van der Waals surface area contributed by atoms with Crippen LogP contribution in [0.5, 0.6) is 11.5 Å². The van der Waals surface area contributed by atoms with E-state index in [0.717, 1.165) is 42.0 Å². The molecule has 25 heavy (non-hydrogen) atoms. The molecule has 0 radical (unpaired) electrons. The van der Waals surface area contributed by atoms with Gasteiger partial charge in [-0.3, -0.25) is 4.79 Å². The smallest absolute Gasteiger partial charge is 0.227 e. The second-order valence-electron chi connectivity index (χ2n) is 6.88. The summed E-state index contributed by atoms with van der Waals surface area (Å²) in [7, 11) is 0. The molecule has 1 aliphatic rings. The van der Waals surface area contributed by atoms with E-state index in [2.05, 4.69) is 17.6 Å². The zero-order chi connectivity index (χ0) is 17.8. The molecular weight excluding hydrogens is 312 g/mol. The molecule has 0 unspecified atom stereocenters. The van der Waals surface area contributed by atoms with Crippen LogP contribution >= 0.6 is 0 Å². The van der Waals surface area contributed by atoms with Gasteiger partial charge in [-0.2, -0.15) is 0 Å². The summed E-state index contributed by atoms with van der Waals surface area (Å²) in [6.07, 6.45) is 1.74. The number of nitrogens with one attached hydrogen (secondary N) is 2. The molecule has 2 atom stereocenters. The number of carbonyl (C=O) groups excluding carboxylic acids is 1. The van der Waals surface area contributed by atoms with E-state index in [0.29, 0.717) is 11.8 Å². The predicted octanol–water partition coefficient (Wildman–Crippen LogP) is 4.42. The number of ether oxygens (including phenoxy) is 1. The summed E-state index contributed by atoms with van der Waals surface area (Å²) in [6, 6.07) is 14.1. The van der Waals surface area contributed by atoms with Crippen LogP contribution < -0.4 is 15.4 Å². The minimum Gasteiger partial charge on any atom is -0.455 e. The van der Waals surface area contributed by atoms with E-state index in [1.54, 1.807) is 0 Å². The van der Waals surface area contributed by atoms with E-state index >= 15 is 0 Å². The molecule has 3 rings (SSSR count). The molecule has 2 aromatic rings. The number of piperidine rings is 1. The highest BCUT2D eigenvalue weighted by atomic mass is 16.5. The SMILES string of the molecule is Cc1cccc(C)c1Oc1ccccc1NC(=O)[C@H]1CCN[C@@H](C)C1. The summed E-state index contributed by atoms with van der Waals surface area (Å²) >= 11 is 0. The van der Waals surface area contributed by atoms with Crippen LogP contribution in [0.4, 0.5) is 5.69 Å². The Balaban J connectivity index is 1.78. The molecule has 4 heteroatoms. The number of hydrogen-bond acceptors (Lipinski definition) is 3. The van der Waals surface area contributed by atoms with Crippen molar-refractivity contribution in [2.45, 2.75) is 39.7 Å². The fourth-order valence-electron chi connectivity index (χ4n) is 3.33. The first-order valence-corrected chi connectivity index (χ1v) is 8.92. The quantitative estimate of drug-likeness (QED) is 0.867. The Labute approximate surface area is 149 Å². The molecule has 0 aliphatic carbocycles. The van der Waals surface area contributed by atoms with Crippen molar-refractivity contribution in [1.82, 2.24) is 5.32 Å². The van der Waals surface area contributed by atoms with Crippen LogP contribution in [0.15, 0.2) is 42.5 Å². The highest BCUT2D eigenvalue weighted by Gasteiger charge is 2.25. The topological polar surface area (TPSA) is 50.4 Å². The van der Waals surface area contributed by atoms with Gasteiger partial charge in [-0.05, 0) is 63.4 Å². The molecular formula is C21H26N2O2. The number of aryl methyl sites for hydroxylation is 2. The maximum atomic E-state index is 12.7. The van der Waals surface area contributed by atoms with E-state index in [4.69, 9.17) is 4.74 Å². The number of amides is 1. The summed E-state index contributed by atoms with van der Waals surface area (Å²) < 4.78 is 6.15. The summed E-state index contributed by atoms with van der Waals surface area (Å²) in [6.45, 7) is 7.07. The van der Waals surface area contributed by atoms with Crippen LogP contribution in [0.1, 0.15) is 30.9 Å². The van der Waals surface area contributed by atoms with Gasteiger partial charge in [0.15, 0.2) is 5.75 Å². The van der Waals surface area contributed by atoms with Crippen LogP contribution in [0.3, 0.4) is 0 Å². The molecule has 0 aromatic heterocycles. The van der Waals surface area contributed by atoms with E-state index in [1.165, 1.54) is 0 Å². The molecule has 2 aromatic carbocycles. The van der Waals surface area contributed by atoms with Gasteiger partial charge >= 0.3 is 0 Å². The zero-order valence-electron chi connectivity index (χ0n) is 15.1. The molecule has 1 saturated heterocycles. The minimum absolute atomic E-state index is 0.0458. The fourth-order valence-corrected chi connectivity index (χ4v) is 3.33. The lowest BCUT2D eigenvalue weighted by molar-refractivity contribution is -0.120. The van der Waals surface area contributed by atoms with E-state index < -0.39 is 0 Å². The first-order valence-electron chi connectivity index (χ1n) is 8.92. The Morgan fingerprint density at radius 1 is 1.12 bits per heavy atom. The van der Waals surface area contributed by atoms with Crippen molar-refractivity contribution in [3.63, 3.8) is 0 Å². The van der Waals surface area contributed by atoms with Crippen LogP contribution in [-0.4, -0.2) is 18.5 Å². The van der Waals surface area contributed by atoms with Crippen LogP contribution in [0.25, 0.3) is 0 Å². The third-order valence-corrected chi connectivity index (χ3v) is 4.76. The molecule has 0 spiro atoms. The average molecular weight is 338 g/mol. The molecule has 1 amide bonds. The summed E-state index contributed by atoms with van der Waals surface area (Å²) in [5.74, 6) is 1.64. The summed E-state index contributed by atoms with van der Waals surface area (Å²) in [5.41, 5.74) is 2.88. The highest BCUT2D eigenvalue weighted by Crippen LogP contribution is 2.33. The van der Waals surface area contributed by atoms with Gasteiger partial charge in [-0.15, -0.1) is 0 Å². The van der Waals surface area contributed by atoms with Gasteiger partial charge in [0.2, 0.25) is 5.91 Å². The second kappa shape index (κ2) is 7.70. The fraction of sp³-hybridized carbons (Fsp3) is 0.381. The number of rotatable bonds is 4. The monoisotopic (exact) mass is 338 g/mol. The third-order valence-electron chi connectivity index (χ3n) is 4.76. The van der Waals surface area contributed by atoms with Crippen molar-refractivity contribution in [3.8, 4) is 11.5 Å². The highest BCUT2D eigenvalue weighted by molar-refractivity contribution is 5.94. The second-order valence-corrected chi connectivity index (χ2v) is 6.88. The molecule has 1 aliphatic heterocycles. The van der Waals surface area contributed by atoms with Gasteiger partial charge in [0.1, 0.15) is 5.75 Å². The van der Waals surface area contributed by atoms with Gasteiger partial charge in [0.25, 0.3) is 0 Å². The van der Waals surface area contributed by atoms with Crippen molar-refractivity contribution in [2.75, 3.05) is 11.9 Å². The van der Waals surface area contributed by atoms with E-state index in [1.807, 2.05) is 56.3 Å². The molecule has 132 valence electrons. The van der Waals surface area contributed by atoms with Crippen molar-refractivity contribution < 1.29 is 9.53 Å². The lowest BCUT2D eigenvalue weighted by atomic mass is 9.92. The first-order chi connectivity index (χ1) is 12.0. The Bertz CT molecular complexity index is 737. The zero-order valence-corrected chi connectivity index (χ0v) is 15.1. The lowest BCUT2D eigenvalue weighted by Gasteiger charge is -2.27. The molecule has 1 heterocycles.